The number of nitrogens with zero attached hydrogens (tertiary/aromatic N) is 2. The normalized spacial score (nSPS) is 11.9. The minimum Gasteiger partial charge on any atom is -0.383 e. The van der Waals surface area contributed by atoms with Gasteiger partial charge in [-0.15, -0.1) is 11.3 Å². The van der Waals surface area contributed by atoms with Gasteiger partial charge in [0.05, 0.1) is 13.2 Å². The summed E-state index contributed by atoms with van der Waals surface area (Å²) in [4.78, 5) is 7.73. The fourth-order valence-corrected chi connectivity index (χ4v) is 2.17. The van der Waals surface area contributed by atoms with Gasteiger partial charge in [-0.1, -0.05) is 6.07 Å². The highest BCUT2D eigenvalue weighted by Crippen LogP contribution is 2.06. The van der Waals surface area contributed by atoms with E-state index in [0.29, 0.717) is 0 Å². The van der Waals surface area contributed by atoms with Crippen LogP contribution in [0.2, 0.25) is 0 Å². The average Bonchev–Trinajstić information content (AvgIpc) is 2.93. The molecule has 0 atom stereocenters. The molecule has 6 heteroatoms. The van der Waals surface area contributed by atoms with E-state index in [1.54, 1.807) is 25.5 Å². The predicted octanol–water partition coefficient (Wildman–Crippen LogP) is 0.991. The number of hydrogen-bond donors (Lipinski definition) is 2. The van der Waals surface area contributed by atoms with Crippen molar-refractivity contribution in [2.45, 2.75) is 6.54 Å². The molecule has 5 nitrogen and oxygen atoms in total. The number of nitrogens with one attached hydrogen (secondary N) is 2. The highest BCUT2D eigenvalue weighted by Gasteiger charge is 2.00. The Balaban J connectivity index is 2.15. The van der Waals surface area contributed by atoms with Crippen LogP contribution >= 0.6 is 11.3 Å². The molecule has 0 aromatic carbocycles. The summed E-state index contributed by atoms with van der Waals surface area (Å²) < 4.78 is 5.04. The molecular weight excluding hydrogens is 260 g/mol. The lowest BCUT2D eigenvalue weighted by Gasteiger charge is -2.17. The number of likely N-dealkylation sites (N-methyl/N-ethyl adjacent to an activating group) is 1. The maximum atomic E-state index is 5.04. The molecular formula is C13H24N4OS. The summed E-state index contributed by atoms with van der Waals surface area (Å²) >= 11 is 1.75. The monoisotopic (exact) mass is 284 g/mol. The Morgan fingerprint density at radius 1 is 1.42 bits per heavy atom. The molecule has 0 bridgehead atoms. The molecule has 0 amide bonds. The zero-order chi connectivity index (χ0) is 13.9. The molecule has 1 aromatic heterocycles. The summed E-state index contributed by atoms with van der Waals surface area (Å²) in [6, 6.07) is 4.17. The molecule has 0 aliphatic heterocycles. The van der Waals surface area contributed by atoms with Crippen LogP contribution in [-0.2, 0) is 11.3 Å². The summed E-state index contributed by atoms with van der Waals surface area (Å²) in [7, 11) is 5.60. The number of guanidine groups is 1. The van der Waals surface area contributed by atoms with E-state index in [2.05, 4.69) is 45.1 Å². The van der Waals surface area contributed by atoms with E-state index in [0.717, 1.165) is 38.7 Å². The minimum atomic E-state index is 0.766. The van der Waals surface area contributed by atoms with Gasteiger partial charge in [0, 0.05) is 38.7 Å². The van der Waals surface area contributed by atoms with Crippen molar-refractivity contribution < 1.29 is 4.74 Å². The summed E-state index contributed by atoms with van der Waals surface area (Å²) in [5, 5.41) is 8.68. The van der Waals surface area contributed by atoms with E-state index in [-0.39, 0.29) is 0 Å². The van der Waals surface area contributed by atoms with Gasteiger partial charge in [0.2, 0.25) is 0 Å². The van der Waals surface area contributed by atoms with Crippen molar-refractivity contribution in [3.63, 3.8) is 0 Å². The second-order valence-electron chi connectivity index (χ2n) is 4.23. The van der Waals surface area contributed by atoms with Gasteiger partial charge in [0.25, 0.3) is 0 Å². The number of ether oxygens (including phenoxy) is 1. The topological polar surface area (TPSA) is 48.9 Å². The van der Waals surface area contributed by atoms with Crippen molar-refractivity contribution in [3.8, 4) is 0 Å². The van der Waals surface area contributed by atoms with Gasteiger partial charge in [0.1, 0.15) is 0 Å². The third kappa shape index (κ3) is 7.15. The Labute approximate surface area is 119 Å². The van der Waals surface area contributed by atoms with E-state index in [1.807, 2.05) is 0 Å². The van der Waals surface area contributed by atoms with Crippen LogP contribution in [0.4, 0.5) is 0 Å². The number of hydrogen-bond acceptors (Lipinski definition) is 4. The van der Waals surface area contributed by atoms with Gasteiger partial charge in [-0.25, -0.2) is 0 Å². The molecule has 0 spiro atoms. The molecule has 0 aliphatic rings. The van der Waals surface area contributed by atoms with Gasteiger partial charge in [-0.2, -0.15) is 0 Å². The molecule has 108 valence electrons. The Hall–Kier alpha value is -1.11. The van der Waals surface area contributed by atoms with Gasteiger partial charge in [-0.05, 0) is 18.5 Å². The first-order valence-corrected chi connectivity index (χ1v) is 7.28. The molecule has 0 saturated carbocycles. The second kappa shape index (κ2) is 9.77. The number of aliphatic imine (C=N–C) groups is 1. The Bertz CT molecular complexity index is 354. The smallest absolute Gasteiger partial charge is 0.191 e. The molecule has 0 unspecified atom stereocenters. The number of rotatable bonds is 8. The molecule has 0 fully saturated rings. The zero-order valence-electron chi connectivity index (χ0n) is 12.0. The van der Waals surface area contributed by atoms with Crippen LogP contribution in [-0.4, -0.2) is 58.3 Å². The fourth-order valence-electron chi connectivity index (χ4n) is 1.53. The highest BCUT2D eigenvalue weighted by molar-refractivity contribution is 7.09. The quantitative estimate of drug-likeness (QED) is 0.552. The zero-order valence-corrected chi connectivity index (χ0v) is 12.8. The third-order valence-electron chi connectivity index (χ3n) is 2.70. The fraction of sp³-hybridized carbons (Fsp3) is 0.615. The average molecular weight is 284 g/mol. The maximum Gasteiger partial charge on any atom is 0.191 e. The van der Waals surface area contributed by atoms with Crippen LogP contribution in [0.3, 0.4) is 0 Å². The molecule has 0 saturated heterocycles. The Kier molecular flexibility index (Phi) is 8.20. The van der Waals surface area contributed by atoms with Gasteiger partial charge >= 0.3 is 0 Å². The van der Waals surface area contributed by atoms with Gasteiger partial charge in [-0.3, -0.25) is 4.99 Å². The molecule has 1 aromatic rings. The molecule has 1 heterocycles. The molecule has 0 radical (unpaired) electrons. The molecule has 19 heavy (non-hydrogen) atoms. The Morgan fingerprint density at radius 2 is 2.26 bits per heavy atom. The lowest BCUT2D eigenvalue weighted by Crippen LogP contribution is -2.40. The van der Waals surface area contributed by atoms with Crippen molar-refractivity contribution in [1.82, 2.24) is 15.5 Å². The summed E-state index contributed by atoms with van der Waals surface area (Å²) in [6.07, 6.45) is 0. The second-order valence-corrected chi connectivity index (χ2v) is 5.26. The van der Waals surface area contributed by atoms with Gasteiger partial charge < -0.3 is 20.3 Å². The Morgan fingerprint density at radius 3 is 2.89 bits per heavy atom. The SMILES string of the molecule is CN=C(NCCN(C)CCOC)NCc1cccs1. The lowest BCUT2D eigenvalue weighted by atomic mass is 10.4. The highest BCUT2D eigenvalue weighted by atomic mass is 32.1. The van der Waals surface area contributed by atoms with Crippen molar-refractivity contribution in [2.75, 3.05) is 47.4 Å². The predicted molar refractivity (Wildman–Crippen MR) is 81.9 cm³/mol. The van der Waals surface area contributed by atoms with Crippen LogP contribution in [0.15, 0.2) is 22.5 Å². The first-order valence-electron chi connectivity index (χ1n) is 6.40. The summed E-state index contributed by atoms with van der Waals surface area (Å²) in [5.74, 6) is 0.841. The summed E-state index contributed by atoms with van der Waals surface area (Å²) in [6.45, 7) is 4.35. The number of thiophene rings is 1. The minimum absolute atomic E-state index is 0.766. The van der Waals surface area contributed by atoms with E-state index >= 15 is 0 Å². The van der Waals surface area contributed by atoms with Crippen molar-refractivity contribution >= 4 is 17.3 Å². The van der Waals surface area contributed by atoms with Crippen molar-refractivity contribution in [1.29, 1.82) is 0 Å². The molecule has 0 aliphatic carbocycles. The van der Waals surface area contributed by atoms with Crippen LogP contribution in [0.5, 0.6) is 0 Å². The first kappa shape index (κ1) is 15.9. The standard InChI is InChI=1S/C13H24N4OS/c1-14-13(16-11-12-5-4-10-19-12)15-6-7-17(2)8-9-18-3/h4-5,10H,6-9,11H2,1-3H3,(H2,14,15,16). The maximum absolute atomic E-state index is 5.04. The van der Waals surface area contributed by atoms with E-state index in [1.165, 1.54) is 4.88 Å². The third-order valence-corrected chi connectivity index (χ3v) is 3.57. The van der Waals surface area contributed by atoms with Crippen molar-refractivity contribution in [2.24, 2.45) is 4.99 Å². The largest absolute Gasteiger partial charge is 0.383 e. The van der Waals surface area contributed by atoms with Crippen LogP contribution in [0, 0.1) is 0 Å². The van der Waals surface area contributed by atoms with Gasteiger partial charge in [0.15, 0.2) is 5.96 Å². The molecule has 2 N–H and O–H groups in total. The van der Waals surface area contributed by atoms with E-state index < -0.39 is 0 Å². The summed E-state index contributed by atoms with van der Waals surface area (Å²) in [5.41, 5.74) is 0. The van der Waals surface area contributed by atoms with Crippen LogP contribution in [0.25, 0.3) is 0 Å². The van der Waals surface area contributed by atoms with Crippen LogP contribution in [0.1, 0.15) is 4.88 Å². The first-order chi connectivity index (χ1) is 9.26. The molecule has 1 rings (SSSR count). The van der Waals surface area contributed by atoms with Crippen molar-refractivity contribution in [3.05, 3.63) is 22.4 Å². The number of methoxy groups -OCH3 is 1. The van der Waals surface area contributed by atoms with E-state index in [4.69, 9.17) is 4.74 Å². The van der Waals surface area contributed by atoms with E-state index in [9.17, 15) is 0 Å². The lowest BCUT2D eigenvalue weighted by molar-refractivity contribution is 0.162. The van der Waals surface area contributed by atoms with Crippen LogP contribution < -0.4 is 10.6 Å².